The minimum Gasteiger partial charge on any atom is -0.480 e. The summed E-state index contributed by atoms with van der Waals surface area (Å²) >= 11 is 0. The first-order valence-corrected chi connectivity index (χ1v) is 6.08. The van der Waals surface area contributed by atoms with Gasteiger partial charge in [0.25, 0.3) is 0 Å². The first-order valence-electron chi connectivity index (χ1n) is 6.08. The van der Waals surface area contributed by atoms with Crippen LogP contribution in [0.4, 0.5) is 4.79 Å². The third-order valence-electron chi connectivity index (χ3n) is 2.90. The van der Waals surface area contributed by atoms with Crippen molar-refractivity contribution in [3.05, 3.63) is 0 Å². The number of carboxylic acids is 1. The molecule has 1 atom stereocenters. The number of ether oxygens (including phenoxy) is 1. The number of likely N-dealkylation sites (N-methyl/N-ethyl adjacent to an activating group) is 2. The Morgan fingerprint density at radius 3 is 2.68 bits per heavy atom. The van der Waals surface area contributed by atoms with Gasteiger partial charge in [0, 0.05) is 20.1 Å². The number of nitrogens with one attached hydrogen (secondary N) is 1. The van der Waals surface area contributed by atoms with Crippen molar-refractivity contribution in [3.8, 4) is 0 Å². The van der Waals surface area contributed by atoms with Crippen LogP contribution in [0.5, 0.6) is 0 Å². The van der Waals surface area contributed by atoms with E-state index in [2.05, 4.69) is 5.32 Å². The molecule has 0 aromatic heterocycles. The summed E-state index contributed by atoms with van der Waals surface area (Å²) in [6.07, 6.45) is 0. The molecule has 1 aliphatic rings. The fourth-order valence-corrected chi connectivity index (χ4v) is 1.88. The van der Waals surface area contributed by atoms with Gasteiger partial charge in [-0.1, -0.05) is 0 Å². The van der Waals surface area contributed by atoms with E-state index in [-0.39, 0.29) is 32.1 Å². The van der Waals surface area contributed by atoms with Crippen molar-refractivity contribution in [3.63, 3.8) is 0 Å². The number of carbonyl (C=O) groups is 3. The van der Waals surface area contributed by atoms with Crippen LogP contribution in [0.15, 0.2) is 0 Å². The van der Waals surface area contributed by atoms with Gasteiger partial charge >= 0.3 is 12.0 Å². The molecule has 19 heavy (non-hydrogen) atoms. The summed E-state index contributed by atoms with van der Waals surface area (Å²) in [4.78, 5) is 37.2. The van der Waals surface area contributed by atoms with Crippen molar-refractivity contribution in [2.24, 2.45) is 0 Å². The molecule has 2 N–H and O–H groups in total. The summed E-state index contributed by atoms with van der Waals surface area (Å²) < 4.78 is 5.19. The van der Waals surface area contributed by atoms with Crippen molar-refractivity contribution < 1.29 is 24.2 Å². The van der Waals surface area contributed by atoms with Gasteiger partial charge in [-0.25, -0.2) is 4.79 Å². The second kappa shape index (κ2) is 6.93. The Labute approximate surface area is 111 Å². The van der Waals surface area contributed by atoms with Crippen molar-refractivity contribution in [2.45, 2.75) is 13.0 Å². The Kier molecular flexibility index (Phi) is 5.56. The molecule has 0 aromatic rings. The second-order valence-corrected chi connectivity index (χ2v) is 4.09. The predicted molar refractivity (Wildman–Crippen MR) is 65.7 cm³/mol. The molecule has 3 amide bonds. The number of aliphatic carboxylic acids is 1. The molecule has 1 saturated heterocycles. The van der Waals surface area contributed by atoms with Crippen LogP contribution in [0, 0.1) is 0 Å². The molecule has 8 nitrogen and oxygen atoms in total. The number of hydrogen-bond acceptors (Lipinski definition) is 4. The van der Waals surface area contributed by atoms with Crippen LogP contribution in [0.2, 0.25) is 0 Å². The van der Waals surface area contributed by atoms with E-state index in [1.165, 1.54) is 16.8 Å². The Bertz CT molecular complexity index is 360. The highest BCUT2D eigenvalue weighted by Crippen LogP contribution is 2.10. The molecule has 108 valence electrons. The summed E-state index contributed by atoms with van der Waals surface area (Å²) in [5, 5.41) is 11.2. The van der Waals surface area contributed by atoms with Crippen LogP contribution in [-0.2, 0) is 14.3 Å². The molecule has 1 heterocycles. The average molecular weight is 273 g/mol. The van der Waals surface area contributed by atoms with E-state index in [9.17, 15) is 14.4 Å². The van der Waals surface area contributed by atoms with Gasteiger partial charge in [0.2, 0.25) is 5.91 Å². The number of amides is 3. The summed E-state index contributed by atoms with van der Waals surface area (Å²) in [5.41, 5.74) is 0. The van der Waals surface area contributed by atoms with Gasteiger partial charge in [0.1, 0.15) is 12.6 Å². The molecule has 0 spiro atoms. The van der Waals surface area contributed by atoms with Crippen LogP contribution in [0.1, 0.15) is 6.92 Å². The lowest BCUT2D eigenvalue weighted by molar-refractivity contribution is -0.137. The first kappa shape index (κ1) is 15.2. The minimum atomic E-state index is -1.08. The highest BCUT2D eigenvalue weighted by Gasteiger charge is 2.34. The van der Waals surface area contributed by atoms with E-state index in [0.717, 1.165) is 0 Å². The zero-order valence-electron chi connectivity index (χ0n) is 11.1. The largest absolute Gasteiger partial charge is 0.480 e. The summed E-state index contributed by atoms with van der Waals surface area (Å²) in [6, 6.07) is -1.17. The quantitative estimate of drug-likeness (QED) is 0.681. The lowest BCUT2D eigenvalue weighted by Gasteiger charge is -2.37. The van der Waals surface area contributed by atoms with E-state index >= 15 is 0 Å². The van der Waals surface area contributed by atoms with E-state index in [1.807, 2.05) is 0 Å². The van der Waals surface area contributed by atoms with Gasteiger partial charge in [-0.3, -0.25) is 9.59 Å². The summed E-state index contributed by atoms with van der Waals surface area (Å²) in [7, 11) is 1.48. The lowest BCUT2D eigenvalue weighted by Crippen LogP contribution is -2.59. The molecule has 0 radical (unpaired) electrons. The first-order chi connectivity index (χ1) is 9.01. The molecule has 1 unspecified atom stereocenters. The highest BCUT2D eigenvalue weighted by atomic mass is 16.5. The molecule has 0 saturated carbocycles. The maximum absolute atomic E-state index is 12.2. The average Bonchev–Trinajstić information content (AvgIpc) is 2.42. The van der Waals surface area contributed by atoms with Gasteiger partial charge in [0.05, 0.1) is 13.2 Å². The number of carbonyl (C=O) groups excluding carboxylic acids is 2. The molecule has 0 bridgehead atoms. The van der Waals surface area contributed by atoms with E-state index in [0.29, 0.717) is 6.61 Å². The third kappa shape index (κ3) is 3.82. The van der Waals surface area contributed by atoms with Crippen LogP contribution in [0.3, 0.4) is 0 Å². The number of rotatable bonds is 4. The Hall–Kier alpha value is -1.83. The normalized spacial score (nSPS) is 18.8. The standard InChI is InChI=1S/C11H19N3O5/c1-3-13(6-9(15)16)11(18)14-4-5-19-7-8(14)10(17)12-2/h8H,3-7H2,1-2H3,(H,12,17)(H,15,16). The predicted octanol–water partition coefficient (Wildman–Crippen LogP) is -1.04. The van der Waals surface area contributed by atoms with Gasteiger partial charge in [-0.05, 0) is 6.92 Å². The van der Waals surface area contributed by atoms with Gasteiger partial charge in [-0.2, -0.15) is 0 Å². The zero-order valence-corrected chi connectivity index (χ0v) is 11.1. The molecule has 1 aliphatic heterocycles. The molecule has 0 aliphatic carbocycles. The van der Waals surface area contributed by atoms with Crippen LogP contribution in [0.25, 0.3) is 0 Å². The van der Waals surface area contributed by atoms with Crippen molar-refractivity contribution in [1.82, 2.24) is 15.1 Å². The zero-order chi connectivity index (χ0) is 14.4. The van der Waals surface area contributed by atoms with Crippen molar-refractivity contribution in [1.29, 1.82) is 0 Å². The number of nitrogens with zero attached hydrogens (tertiary/aromatic N) is 2. The minimum absolute atomic E-state index is 0.121. The maximum Gasteiger partial charge on any atom is 0.323 e. The smallest absolute Gasteiger partial charge is 0.323 e. The molecule has 8 heteroatoms. The summed E-state index contributed by atoms with van der Waals surface area (Å²) in [6.45, 7) is 2.30. The van der Waals surface area contributed by atoms with E-state index < -0.39 is 18.0 Å². The van der Waals surface area contributed by atoms with Crippen LogP contribution < -0.4 is 5.32 Å². The molecular formula is C11H19N3O5. The number of hydrogen-bond donors (Lipinski definition) is 2. The number of carboxylic acid groups (broad SMARTS) is 1. The van der Waals surface area contributed by atoms with Crippen molar-refractivity contribution in [2.75, 3.05) is 39.9 Å². The second-order valence-electron chi connectivity index (χ2n) is 4.09. The highest BCUT2D eigenvalue weighted by molar-refractivity contribution is 5.88. The number of urea groups is 1. The van der Waals surface area contributed by atoms with Gasteiger partial charge in [0.15, 0.2) is 0 Å². The SMILES string of the molecule is CCN(CC(=O)O)C(=O)N1CCOCC1C(=O)NC. The monoisotopic (exact) mass is 273 g/mol. The lowest BCUT2D eigenvalue weighted by atomic mass is 10.2. The third-order valence-corrected chi connectivity index (χ3v) is 2.90. The van der Waals surface area contributed by atoms with Crippen LogP contribution in [-0.4, -0.2) is 78.8 Å². The summed E-state index contributed by atoms with van der Waals surface area (Å²) in [5.74, 6) is -1.40. The fraction of sp³-hybridized carbons (Fsp3) is 0.727. The fourth-order valence-electron chi connectivity index (χ4n) is 1.88. The molecule has 1 rings (SSSR count). The Balaban J connectivity index is 2.80. The molecule has 1 fully saturated rings. The Morgan fingerprint density at radius 1 is 1.47 bits per heavy atom. The maximum atomic E-state index is 12.2. The Morgan fingerprint density at radius 2 is 2.16 bits per heavy atom. The topological polar surface area (TPSA) is 99.2 Å². The van der Waals surface area contributed by atoms with E-state index in [4.69, 9.17) is 9.84 Å². The molecule has 0 aromatic carbocycles. The van der Waals surface area contributed by atoms with Gasteiger partial charge < -0.3 is 25.0 Å². The van der Waals surface area contributed by atoms with E-state index in [1.54, 1.807) is 6.92 Å². The molecular weight excluding hydrogens is 254 g/mol. The number of morpholine rings is 1. The van der Waals surface area contributed by atoms with Gasteiger partial charge in [-0.15, -0.1) is 0 Å². The van der Waals surface area contributed by atoms with Crippen LogP contribution >= 0.6 is 0 Å². The van der Waals surface area contributed by atoms with Crippen molar-refractivity contribution >= 4 is 17.9 Å².